The highest BCUT2D eigenvalue weighted by molar-refractivity contribution is 7.92. The molecule has 1 aliphatic rings. The van der Waals surface area contributed by atoms with Crippen LogP contribution in [0.4, 0.5) is 15.8 Å². The van der Waals surface area contributed by atoms with Gasteiger partial charge in [0, 0.05) is 24.9 Å². The fraction of sp³-hybridized carbons (Fsp3) is 0.538. The van der Waals surface area contributed by atoms with Crippen LogP contribution in [0.1, 0.15) is 19.3 Å². The second kappa shape index (κ2) is 6.41. The van der Waals surface area contributed by atoms with E-state index in [4.69, 9.17) is 4.74 Å². The van der Waals surface area contributed by atoms with E-state index in [9.17, 15) is 12.8 Å². The van der Waals surface area contributed by atoms with E-state index in [-0.39, 0.29) is 11.7 Å². The van der Waals surface area contributed by atoms with Gasteiger partial charge >= 0.3 is 0 Å². The largest absolute Gasteiger partial charge is 0.382 e. The first-order chi connectivity index (χ1) is 9.44. The van der Waals surface area contributed by atoms with E-state index in [2.05, 4.69) is 10.0 Å². The summed E-state index contributed by atoms with van der Waals surface area (Å²) in [5, 5.41) is 3.29. The second-order valence-electron chi connectivity index (χ2n) is 4.95. The van der Waals surface area contributed by atoms with Crippen molar-refractivity contribution in [2.45, 2.75) is 25.3 Å². The summed E-state index contributed by atoms with van der Waals surface area (Å²) in [7, 11) is -3.49. The van der Waals surface area contributed by atoms with Crippen molar-refractivity contribution in [1.29, 1.82) is 0 Å². The molecule has 0 amide bonds. The lowest BCUT2D eigenvalue weighted by molar-refractivity contribution is 0.144. The standard InChI is InChI=1S/C13H19FN2O3S/c1-20(17,18)16-13-9-11(4-5-12(13)14)15-10-3-2-7-19-8-6-10/h4-5,9-10,15-16H,2-3,6-8H2,1H3. The van der Waals surface area contributed by atoms with Crippen molar-refractivity contribution in [2.24, 2.45) is 0 Å². The fourth-order valence-corrected chi connectivity index (χ4v) is 2.73. The van der Waals surface area contributed by atoms with Gasteiger partial charge in [-0.2, -0.15) is 0 Å². The van der Waals surface area contributed by atoms with Gasteiger partial charge in [-0.3, -0.25) is 4.72 Å². The summed E-state index contributed by atoms with van der Waals surface area (Å²) in [6.07, 6.45) is 3.83. The van der Waals surface area contributed by atoms with Gasteiger partial charge in [0.05, 0.1) is 11.9 Å². The van der Waals surface area contributed by atoms with E-state index < -0.39 is 15.8 Å². The molecule has 1 atom stereocenters. The number of halogens is 1. The lowest BCUT2D eigenvalue weighted by atomic mass is 10.1. The Morgan fingerprint density at radius 1 is 1.30 bits per heavy atom. The molecule has 7 heteroatoms. The SMILES string of the molecule is CS(=O)(=O)Nc1cc(NC2CCCOCC2)ccc1F. The maximum absolute atomic E-state index is 13.6. The van der Waals surface area contributed by atoms with E-state index in [1.54, 1.807) is 6.07 Å². The van der Waals surface area contributed by atoms with Gasteiger partial charge in [-0.1, -0.05) is 0 Å². The molecule has 0 radical (unpaired) electrons. The van der Waals surface area contributed by atoms with Gasteiger partial charge in [-0.15, -0.1) is 0 Å². The number of sulfonamides is 1. The van der Waals surface area contributed by atoms with Crippen molar-refractivity contribution in [3.05, 3.63) is 24.0 Å². The molecule has 0 spiro atoms. The van der Waals surface area contributed by atoms with Crippen molar-refractivity contribution in [2.75, 3.05) is 29.5 Å². The van der Waals surface area contributed by atoms with E-state index in [1.165, 1.54) is 12.1 Å². The molecule has 5 nitrogen and oxygen atoms in total. The lowest BCUT2D eigenvalue weighted by Gasteiger charge is -2.18. The third kappa shape index (κ3) is 4.64. The fourth-order valence-electron chi connectivity index (χ4n) is 2.18. The van der Waals surface area contributed by atoms with Crippen molar-refractivity contribution in [3.63, 3.8) is 0 Å². The maximum Gasteiger partial charge on any atom is 0.229 e. The summed E-state index contributed by atoms with van der Waals surface area (Å²) < 4.78 is 43.5. The van der Waals surface area contributed by atoms with Crippen LogP contribution in [0.25, 0.3) is 0 Å². The van der Waals surface area contributed by atoms with Gasteiger partial charge in [0.1, 0.15) is 5.82 Å². The molecule has 0 bridgehead atoms. The predicted molar refractivity (Wildman–Crippen MR) is 76.9 cm³/mol. The van der Waals surface area contributed by atoms with Gasteiger partial charge in [0.2, 0.25) is 10.0 Å². The van der Waals surface area contributed by atoms with Crippen LogP contribution in [-0.4, -0.2) is 33.9 Å². The normalized spacial score (nSPS) is 20.2. The number of anilines is 2. The number of rotatable bonds is 4. The molecule has 2 rings (SSSR count). The van der Waals surface area contributed by atoms with Crippen LogP contribution < -0.4 is 10.0 Å². The van der Waals surface area contributed by atoms with Crippen molar-refractivity contribution < 1.29 is 17.5 Å². The van der Waals surface area contributed by atoms with Crippen LogP contribution in [-0.2, 0) is 14.8 Å². The molecule has 0 aliphatic carbocycles. The van der Waals surface area contributed by atoms with Gasteiger partial charge in [0.15, 0.2) is 0 Å². The molecule has 0 aromatic heterocycles. The van der Waals surface area contributed by atoms with Gasteiger partial charge < -0.3 is 10.1 Å². The monoisotopic (exact) mass is 302 g/mol. The molecule has 1 fully saturated rings. The molecule has 1 heterocycles. The smallest absolute Gasteiger partial charge is 0.229 e. The third-order valence-corrected chi connectivity index (χ3v) is 3.68. The first kappa shape index (κ1) is 15.1. The Bertz CT molecular complexity index is 555. The maximum atomic E-state index is 13.6. The number of ether oxygens (including phenoxy) is 1. The highest BCUT2D eigenvalue weighted by atomic mass is 32.2. The quantitative estimate of drug-likeness (QED) is 0.894. The van der Waals surface area contributed by atoms with Gasteiger partial charge in [-0.05, 0) is 37.5 Å². The van der Waals surface area contributed by atoms with Gasteiger partial charge in [-0.25, -0.2) is 12.8 Å². The summed E-state index contributed by atoms with van der Waals surface area (Å²) in [4.78, 5) is 0. The zero-order chi connectivity index (χ0) is 14.6. The van der Waals surface area contributed by atoms with E-state index in [0.29, 0.717) is 12.3 Å². The first-order valence-electron chi connectivity index (χ1n) is 6.56. The molecule has 2 N–H and O–H groups in total. The number of benzene rings is 1. The molecular weight excluding hydrogens is 283 g/mol. The Morgan fingerprint density at radius 2 is 2.10 bits per heavy atom. The summed E-state index contributed by atoms with van der Waals surface area (Å²) in [5.41, 5.74) is 0.659. The van der Waals surface area contributed by atoms with E-state index in [1.807, 2.05) is 0 Å². The van der Waals surface area contributed by atoms with Crippen molar-refractivity contribution in [1.82, 2.24) is 0 Å². The third-order valence-electron chi connectivity index (χ3n) is 3.08. The highest BCUT2D eigenvalue weighted by Gasteiger charge is 2.14. The number of nitrogens with one attached hydrogen (secondary N) is 2. The minimum Gasteiger partial charge on any atom is -0.382 e. The molecule has 112 valence electrons. The molecule has 20 heavy (non-hydrogen) atoms. The van der Waals surface area contributed by atoms with Crippen LogP contribution in [0.5, 0.6) is 0 Å². The van der Waals surface area contributed by atoms with Crippen molar-refractivity contribution >= 4 is 21.4 Å². The van der Waals surface area contributed by atoms with Crippen molar-refractivity contribution in [3.8, 4) is 0 Å². The Balaban J connectivity index is 2.10. The molecule has 1 unspecified atom stereocenters. The van der Waals surface area contributed by atoms with Crippen LogP contribution in [0.15, 0.2) is 18.2 Å². The van der Waals surface area contributed by atoms with Crippen LogP contribution in [0.3, 0.4) is 0 Å². The molecule has 1 saturated heterocycles. The molecular formula is C13H19FN2O3S. The summed E-state index contributed by atoms with van der Waals surface area (Å²) in [6, 6.07) is 4.59. The minimum atomic E-state index is -3.49. The van der Waals surface area contributed by atoms with E-state index >= 15 is 0 Å². The average Bonchev–Trinajstić information content (AvgIpc) is 2.60. The summed E-state index contributed by atoms with van der Waals surface area (Å²) in [6.45, 7) is 1.47. The zero-order valence-corrected chi connectivity index (χ0v) is 12.2. The lowest BCUT2D eigenvalue weighted by Crippen LogP contribution is -2.20. The zero-order valence-electron chi connectivity index (χ0n) is 11.4. The molecule has 0 saturated carbocycles. The van der Waals surface area contributed by atoms with E-state index in [0.717, 1.165) is 32.1 Å². The molecule has 1 aromatic rings. The molecule has 1 aliphatic heterocycles. The minimum absolute atomic E-state index is 0.0395. The Hall–Kier alpha value is -1.34. The predicted octanol–water partition coefficient (Wildman–Crippen LogP) is 2.18. The summed E-state index contributed by atoms with van der Waals surface area (Å²) in [5.74, 6) is -0.592. The Labute approximate surface area is 118 Å². The summed E-state index contributed by atoms with van der Waals surface area (Å²) >= 11 is 0. The average molecular weight is 302 g/mol. The Kier molecular flexibility index (Phi) is 4.82. The second-order valence-corrected chi connectivity index (χ2v) is 6.70. The first-order valence-corrected chi connectivity index (χ1v) is 8.45. The molecule has 1 aromatic carbocycles. The highest BCUT2D eigenvalue weighted by Crippen LogP contribution is 2.22. The number of hydrogen-bond donors (Lipinski definition) is 2. The topological polar surface area (TPSA) is 67.4 Å². The van der Waals surface area contributed by atoms with Gasteiger partial charge in [0.25, 0.3) is 0 Å². The van der Waals surface area contributed by atoms with Crippen LogP contribution in [0, 0.1) is 5.82 Å². The van der Waals surface area contributed by atoms with Crippen LogP contribution >= 0.6 is 0 Å². The number of hydrogen-bond acceptors (Lipinski definition) is 4. The van der Waals surface area contributed by atoms with Crippen LogP contribution in [0.2, 0.25) is 0 Å². The Morgan fingerprint density at radius 3 is 2.85 bits per heavy atom.